The molecule has 2 unspecified atom stereocenters. The summed E-state index contributed by atoms with van der Waals surface area (Å²) in [6, 6.07) is 4.70. The van der Waals surface area contributed by atoms with E-state index in [1.807, 2.05) is 6.20 Å². The standard InChI is InChI=1S/C21H20BrClFN5O2S2/c22-16-8-17(23)32-21(16,33(26,30)31)14-6-5-11(7-15(14)24)13-9-29(12-3-1-2-4-12)20-18(13)19(25)27-10-28-20/h5-10,12,16H,1-4H2,(H2,25,27,28)(H2,26,30,31). The van der Waals surface area contributed by atoms with Crippen molar-refractivity contribution in [3.63, 3.8) is 0 Å². The maximum atomic E-state index is 15.6. The summed E-state index contributed by atoms with van der Waals surface area (Å²) in [6.07, 6.45) is 9.21. The Hall–Kier alpha value is -1.66. The highest BCUT2D eigenvalue weighted by Crippen LogP contribution is 2.57. The lowest BCUT2D eigenvalue weighted by atomic mass is 10.0. The normalized spacial score (nSPS) is 24.0. The van der Waals surface area contributed by atoms with E-state index in [9.17, 15) is 8.42 Å². The fourth-order valence-corrected chi connectivity index (χ4v) is 9.85. The number of sulfonamides is 1. The Labute approximate surface area is 208 Å². The van der Waals surface area contributed by atoms with Gasteiger partial charge in [-0.25, -0.2) is 27.9 Å². The second kappa shape index (κ2) is 8.23. The molecule has 2 aromatic heterocycles. The number of aromatic nitrogens is 3. The first kappa shape index (κ1) is 23.1. The number of rotatable bonds is 4. The minimum atomic E-state index is -4.25. The summed E-state index contributed by atoms with van der Waals surface area (Å²) in [5.41, 5.74) is 8.06. The lowest BCUT2D eigenvalue weighted by molar-refractivity contribution is 0.532. The van der Waals surface area contributed by atoms with Gasteiger partial charge in [-0.15, -0.1) is 0 Å². The van der Waals surface area contributed by atoms with E-state index >= 15 is 4.39 Å². The first-order valence-electron chi connectivity index (χ1n) is 10.3. The van der Waals surface area contributed by atoms with E-state index in [-0.39, 0.29) is 9.93 Å². The van der Waals surface area contributed by atoms with Gasteiger partial charge in [0.05, 0.1) is 14.6 Å². The van der Waals surface area contributed by atoms with Crippen LogP contribution in [0.2, 0.25) is 0 Å². The topological polar surface area (TPSA) is 117 Å². The lowest BCUT2D eigenvalue weighted by Gasteiger charge is -2.30. The van der Waals surface area contributed by atoms with Crippen LogP contribution in [-0.2, 0) is 14.1 Å². The molecule has 3 aromatic rings. The summed E-state index contributed by atoms with van der Waals surface area (Å²) in [7, 11) is -4.25. The summed E-state index contributed by atoms with van der Waals surface area (Å²) < 4.78 is 41.3. The fourth-order valence-electron chi connectivity index (χ4n) is 4.78. The van der Waals surface area contributed by atoms with Crippen LogP contribution in [0.5, 0.6) is 0 Å². The molecule has 0 radical (unpaired) electrons. The second-order valence-corrected chi connectivity index (χ2v) is 13.1. The van der Waals surface area contributed by atoms with Gasteiger partial charge in [-0.3, -0.25) is 0 Å². The van der Waals surface area contributed by atoms with Gasteiger partial charge in [0.25, 0.3) is 0 Å². The van der Waals surface area contributed by atoms with Crippen LogP contribution in [-0.4, -0.2) is 27.8 Å². The lowest BCUT2D eigenvalue weighted by Crippen LogP contribution is -2.43. The van der Waals surface area contributed by atoms with Crippen LogP contribution < -0.4 is 10.9 Å². The van der Waals surface area contributed by atoms with Gasteiger partial charge in [0.15, 0.2) is 4.08 Å². The molecule has 5 rings (SSSR count). The number of nitrogens with zero attached hydrogens (tertiary/aromatic N) is 3. The SMILES string of the molecule is Nc1ncnc2c1c(-c1ccc(C3(S(N)(=O)=O)SC(Cl)=CC3Br)c(F)c1)cn2C1CCCC1. The largest absolute Gasteiger partial charge is 0.383 e. The van der Waals surface area contributed by atoms with Gasteiger partial charge in [-0.2, -0.15) is 0 Å². The molecule has 1 saturated carbocycles. The van der Waals surface area contributed by atoms with Gasteiger partial charge in [-0.05, 0) is 30.5 Å². The number of primary sulfonamides is 1. The fraction of sp³-hybridized carbons (Fsp3) is 0.333. The Balaban J connectivity index is 1.67. The van der Waals surface area contributed by atoms with E-state index in [1.165, 1.54) is 24.5 Å². The molecule has 1 aliphatic carbocycles. The minimum absolute atomic E-state index is 0.0729. The van der Waals surface area contributed by atoms with Gasteiger partial charge in [0.1, 0.15) is 23.6 Å². The molecule has 1 fully saturated rings. The number of nitrogen functional groups attached to an aromatic ring is 1. The van der Waals surface area contributed by atoms with Crippen LogP contribution in [0, 0.1) is 5.82 Å². The zero-order valence-corrected chi connectivity index (χ0v) is 21.2. The van der Waals surface area contributed by atoms with Crippen molar-refractivity contribution in [2.45, 2.75) is 40.6 Å². The number of hydrogen-bond acceptors (Lipinski definition) is 6. The summed E-state index contributed by atoms with van der Waals surface area (Å²) in [6.45, 7) is 0. The van der Waals surface area contributed by atoms with Crippen molar-refractivity contribution in [3.8, 4) is 11.1 Å². The zero-order valence-electron chi connectivity index (χ0n) is 17.2. The van der Waals surface area contributed by atoms with E-state index < -0.39 is 24.7 Å². The number of nitrogens with two attached hydrogens (primary N) is 2. The number of halogens is 3. The van der Waals surface area contributed by atoms with E-state index in [0.717, 1.165) is 37.4 Å². The predicted octanol–water partition coefficient (Wildman–Crippen LogP) is 4.97. The Kier molecular flexibility index (Phi) is 5.76. The molecule has 2 atom stereocenters. The Morgan fingerprint density at radius 1 is 1.27 bits per heavy atom. The molecule has 3 heterocycles. The number of fused-ring (bicyclic) bond motifs is 1. The molecule has 0 bridgehead atoms. The molecule has 7 nitrogen and oxygen atoms in total. The molecule has 174 valence electrons. The zero-order chi connectivity index (χ0) is 23.5. The van der Waals surface area contributed by atoms with Crippen LogP contribution in [0.4, 0.5) is 10.2 Å². The highest BCUT2D eigenvalue weighted by Gasteiger charge is 2.54. The van der Waals surface area contributed by atoms with Crippen molar-refractivity contribution in [2.75, 3.05) is 5.73 Å². The molecular weight excluding hydrogens is 553 g/mol. The molecule has 1 aliphatic heterocycles. The van der Waals surface area contributed by atoms with Crippen molar-refractivity contribution in [1.29, 1.82) is 0 Å². The van der Waals surface area contributed by atoms with E-state index in [2.05, 4.69) is 30.5 Å². The van der Waals surface area contributed by atoms with Gasteiger partial charge in [0, 0.05) is 23.4 Å². The van der Waals surface area contributed by atoms with E-state index in [4.69, 9.17) is 22.5 Å². The molecule has 33 heavy (non-hydrogen) atoms. The highest BCUT2D eigenvalue weighted by molar-refractivity contribution is 9.09. The summed E-state index contributed by atoms with van der Waals surface area (Å²) in [5.74, 6) is -0.407. The molecule has 0 spiro atoms. The molecule has 2 aliphatic rings. The average Bonchev–Trinajstić information content (AvgIpc) is 3.45. The van der Waals surface area contributed by atoms with E-state index in [1.54, 1.807) is 6.07 Å². The number of anilines is 1. The first-order valence-corrected chi connectivity index (χ1v) is 13.9. The number of allylic oxidation sites excluding steroid dienone is 1. The van der Waals surface area contributed by atoms with E-state index in [0.29, 0.717) is 34.0 Å². The third kappa shape index (κ3) is 3.59. The number of alkyl halides is 1. The van der Waals surface area contributed by atoms with Gasteiger partial charge >= 0.3 is 0 Å². The molecular formula is C21H20BrClFN5O2S2. The molecule has 1 aromatic carbocycles. The summed E-state index contributed by atoms with van der Waals surface area (Å²) in [4.78, 5) is 7.78. The average molecular weight is 573 g/mol. The van der Waals surface area contributed by atoms with Crippen molar-refractivity contribution in [2.24, 2.45) is 5.14 Å². The third-order valence-corrected chi connectivity index (χ3v) is 11.6. The van der Waals surface area contributed by atoms with Crippen LogP contribution in [0.3, 0.4) is 0 Å². The predicted molar refractivity (Wildman–Crippen MR) is 134 cm³/mol. The third-order valence-electron chi connectivity index (χ3n) is 6.32. The van der Waals surface area contributed by atoms with Gasteiger partial charge < -0.3 is 10.3 Å². The monoisotopic (exact) mass is 571 g/mol. The summed E-state index contributed by atoms with van der Waals surface area (Å²) >= 11 is 10.2. The number of thioether (sulfide) groups is 1. The smallest absolute Gasteiger partial charge is 0.230 e. The second-order valence-electron chi connectivity index (χ2n) is 8.23. The molecule has 0 saturated heterocycles. The van der Waals surface area contributed by atoms with Crippen LogP contribution in [0.25, 0.3) is 22.2 Å². The van der Waals surface area contributed by atoms with Crippen molar-refractivity contribution < 1.29 is 12.8 Å². The van der Waals surface area contributed by atoms with Crippen LogP contribution in [0.1, 0.15) is 37.3 Å². The summed E-state index contributed by atoms with van der Waals surface area (Å²) in [5, 5.41) is 6.22. The molecule has 0 amide bonds. The number of hydrogen-bond donors (Lipinski definition) is 2. The Morgan fingerprint density at radius 3 is 2.61 bits per heavy atom. The Morgan fingerprint density at radius 2 is 2.00 bits per heavy atom. The van der Waals surface area contributed by atoms with Gasteiger partial charge in [0.2, 0.25) is 10.0 Å². The molecule has 12 heteroatoms. The maximum absolute atomic E-state index is 15.6. The Bertz CT molecular complexity index is 1410. The van der Waals surface area contributed by atoms with Crippen molar-refractivity contribution >= 4 is 66.2 Å². The van der Waals surface area contributed by atoms with Crippen LogP contribution in [0.15, 0.2) is 41.2 Å². The quantitative estimate of drug-likeness (QED) is 0.427. The first-order chi connectivity index (χ1) is 15.6. The van der Waals surface area contributed by atoms with Crippen LogP contribution >= 0.6 is 39.3 Å². The van der Waals surface area contributed by atoms with Gasteiger partial charge in [-0.1, -0.05) is 64.3 Å². The van der Waals surface area contributed by atoms with Crippen molar-refractivity contribution in [3.05, 3.63) is 52.5 Å². The van der Waals surface area contributed by atoms with Crippen molar-refractivity contribution in [1.82, 2.24) is 14.5 Å². The molecule has 4 N–H and O–H groups in total. The minimum Gasteiger partial charge on any atom is -0.383 e. The maximum Gasteiger partial charge on any atom is 0.230 e. The highest BCUT2D eigenvalue weighted by atomic mass is 79.9. The number of benzene rings is 1.